The molecule has 0 atom stereocenters. The van der Waals surface area contributed by atoms with Crippen LogP contribution in [0.4, 0.5) is 0 Å². The number of esters is 2. The maximum Gasteiger partial charge on any atom is 0.343 e. The van der Waals surface area contributed by atoms with Crippen LogP contribution in [0.5, 0.6) is 0 Å². The van der Waals surface area contributed by atoms with Crippen LogP contribution in [0.15, 0.2) is 0 Å². The van der Waals surface area contributed by atoms with Gasteiger partial charge in [0.25, 0.3) is 0 Å². The molecule has 0 spiro atoms. The molecule has 0 rings (SSSR count). The van der Waals surface area contributed by atoms with E-state index >= 15 is 0 Å². The second-order valence-electron chi connectivity index (χ2n) is 3.56. The molecule has 0 N–H and O–H groups in total. The Morgan fingerprint density at radius 3 is 1.33 bits per heavy atom. The van der Waals surface area contributed by atoms with Crippen LogP contribution in [0.25, 0.3) is 0 Å². The van der Waals surface area contributed by atoms with Crippen molar-refractivity contribution in [2.24, 2.45) is 0 Å². The van der Waals surface area contributed by atoms with Crippen molar-refractivity contribution >= 4 is 81.5 Å². The summed E-state index contributed by atoms with van der Waals surface area (Å²) in [5.74, 6) is -2.34. The van der Waals surface area contributed by atoms with E-state index in [1.165, 1.54) is 0 Å². The lowest BCUT2D eigenvalue weighted by molar-refractivity contribution is -0.147. The predicted molar refractivity (Wildman–Crippen MR) is 83.1 cm³/mol. The number of hydrogen-bond acceptors (Lipinski definition) is 5. The highest BCUT2D eigenvalue weighted by molar-refractivity contribution is 6.60. The van der Waals surface area contributed by atoms with Crippen LogP contribution in [0.3, 0.4) is 0 Å². The molecule has 21 heavy (non-hydrogen) atoms. The molecule has 0 aromatic heterocycles. The van der Waals surface area contributed by atoms with Gasteiger partial charge in [0.2, 0.25) is 8.67 Å². The number of halogens is 6. The van der Waals surface area contributed by atoms with E-state index in [1.54, 1.807) is 0 Å². The van der Waals surface area contributed by atoms with Gasteiger partial charge in [-0.2, -0.15) is 0 Å². The van der Waals surface area contributed by atoms with Crippen LogP contribution in [0, 0.1) is 0 Å². The maximum absolute atomic E-state index is 11.3. The van der Waals surface area contributed by atoms with E-state index in [-0.39, 0.29) is 38.2 Å². The Kier molecular flexibility index (Phi) is 10.7. The van der Waals surface area contributed by atoms with Gasteiger partial charge in [-0.05, 0) is 0 Å². The zero-order valence-electron chi connectivity index (χ0n) is 10.6. The molecule has 0 aromatic carbocycles. The largest absolute Gasteiger partial charge is 0.461 e. The summed E-state index contributed by atoms with van der Waals surface area (Å²) in [7, 11) is 0. The minimum atomic E-state index is -1.79. The highest BCUT2D eigenvalue weighted by Gasteiger charge is 2.35. The lowest BCUT2D eigenvalue weighted by atomic mass is 10.5. The van der Waals surface area contributed by atoms with Crippen molar-refractivity contribution in [3.8, 4) is 0 Å². The monoisotopic (exact) mass is 422 g/mol. The number of hydrogen-bond donors (Lipinski definition) is 0. The summed E-state index contributed by atoms with van der Waals surface area (Å²) in [6, 6.07) is 0. The Balaban J connectivity index is 3.67. The molecular weight excluding hydrogens is 413 g/mol. The van der Waals surface area contributed by atoms with Crippen LogP contribution in [0.2, 0.25) is 0 Å². The van der Waals surface area contributed by atoms with Gasteiger partial charge in [0, 0.05) is 0 Å². The SMILES string of the molecule is O=C(OCCOCCOC(=O)C(Cl)(Cl)CCl)C(Cl)(Cl)CCl. The molecule has 0 radical (unpaired) electrons. The predicted octanol–water partition coefficient (Wildman–Crippen LogP) is 2.91. The van der Waals surface area contributed by atoms with Crippen LogP contribution < -0.4 is 0 Å². The lowest BCUT2D eigenvalue weighted by Gasteiger charge is -2.15. The van der Waals surface area contributed by atoms with Crippen molar-refractivity contribution < 1.29 is 23.8 Å². The third-order valence-electron chi connectivity index (χ3n) is 1.85. The second kappa shape index (κ2) is 10.4. The van der Waals surface area contributed by atoms with Gasteiger partial charge >= 0.3 is 11.9 Å². The molecule has 0 saturated carbocycles. The van der Waals surface area contributed by atoms with Gasteiger partial charge in [0.05, 0.1) is 25.0 Å². The standard InChI is InChI=1S/C10H12Cl6O5/c11-5-9(13,14)7(17)20-3-1-19-2-4-21-8(18)10(15,16)6-12/h1-6H2. The summed E-state index contributed by atoms with van der Waals surface area (Å²) in [4.78, 5) is 22.6. The van der Waals surface area contributed by atoms with Crippen LogP contribution >= 0.6 is 69.6 Å². The van der Waals surface area contributed by atoms with E-state index in [2.05, 4.69) is 0 Å². The van der Waals surface area contributed by atoms with E-state index in [9.17, 15) is 9.59 Å². The Morgan fingerprint density at radius 1 is 0.714 bits per heavy atom. The summed E-state index contributed by atoms with van der Waals surface area (Å²) >= 11 is 32.9. The van der Waals surface area contributed by atoms with Gasteiger partial charge in [-0.25, -0.2) is 9.59 Å². The third-order valence-corrected chi connectivity index (χ3v) is 4.36. The Morgan fingerprint density at radius 2 is 1.05 bits per heavy atom. The quantitative estimate of drug-likeness (QED) is 0.306. The Hall–Kier alpha value is 0.640. The van der Waals surface area contributed by atoms with Crippen molar-refractivity contribution in [3.05, 3.63) is 0 Å². The molecule has 0 bridgehead atoms. The summed E-state index contributed by atoms with van der Waals surface area (Å²) < 4.78 is 10.9. The molecule has 124 valence electrons. The molecule has 0 fully saturated rings. The average molecular weight is 425 g/mol. The first-order valence-electron chi connectivity index (χ1n) is 5.47. The molecule has 0 aliphatic heterocycles. The van der Waals surface area contributed by atoms with Crippen LogP contribution in [-0.4, -0.2) is 58.8 Å². The summed E-state index contributed by atoms with van der Waals surface area (Å²) in [5.41, 5.74) is 0. The van der Waals surface area contributed by atoms with Crippen molar-refractivity contribution in [1.82, 2.24) is 0 Å². The van der Waals surface area contributed by atoms with Crippen LogP contribution in [0.1, 0.15) is 0 Å². The van der Waals surface area contributed by atoms with Crippen LogP contribution in [-0.2, 0) is 23.8 Å². The Bertz CT molecular complexity index is 317. The zero-order valence-corrected chi connectivity index (χ0v) is 15.1. The zero-order chi connectivity index (χ0) is 16.5. The van der Waals surface area contributed by atoms with Gasteiger partial charge in [-0.15, -0.1) is 23.2 Å². The van der Waals surface area contributed by atoms with Gasteiger partial charge in [0.1, 0.15) is 13.2 Å². The lowest BCUT2D eigenvalue weighted by Crippen LogP contribution is -2.32. The van der Waals surface area contributed by atoms with E-state index in [1.807, 2.05) is 0 Å². The van der Waals surface area contributed by atoms with Gasteiger partial charge in [-0.3, -0.25) is 0 Å². The second-order valence-corrected chi connectivity index (χ2v) is 7.06. The fraction of sp³-hybridized carbons (Fsp3) is 0.800. The van der Waals surface area contributed by atoms with E-state index < -0.39 is 20.6 Å². The van der Waals surface area contributed by atoms with Gasteiger partial charge in [-0.1, -0.05) is 46.4 Å². The molecule has 0 heterocycles. The molecule has 0 aromatic rings. The highest BCUT2D eigenvalue weighted by atomic mass is 35.5. The first kappa shape index (κ1) is 21.6. The van der Waals surface area contributed by atoms with E-state index in [0.29, 0.717) is 0 Å². The number of rotatable bonds is 10. The minimum Gasteiger partial charge on any atom is -0.461 e. The van der Waals surface area contributed by atoms with E-state index in [4.69, 9.17) is 83.8 Å². The molecule has 0 aliphatic carbocycles. The number of carbonyl (C=O) groups excluding carboxylic acids is 2. The van der Waals surface area contributed by atoms with Crippen molar-refractivity contribution in [1.29, 1.82) is 0 Å². The van der Waals surface area contributed by atoms with Gasteiger partial charge < -0.3 is 14.2 Å². The van der Waals surface area contributed by atoms with Gasteiger partial charge in [0.15, 0.2) is 0 Å². The fourth-order valence-electron chi connectivity index (χ4n) is 0.809. The minimum absolute atomic E-state index is 0.0534. The van der Waals surface area contributed by atoms with Crippen molar-refractivity contribution in [3.63, 3.8) is 0 Å². The molecule has 0 aliphatic rings. The smallest absolute Gasteiger partial charge is 0.343 e. The molecule has 5 nitrogen and oxygen atoms in total. The molecule has 0 unspecified atom stereocenters. The van der Waals surface area contributed by atoms with E-state index in [0.717, 1.165) is 0 Å². The summed E-state index contributed by atoms with van der Waals surface area (Å²) in [5, 5.41) is 0. The first-order valence-corrected chi connectivity index (χ1v) is 8.05. The maximum atomic E-state index is 11.3. The van der Waals surface area contributed by atoms with Crippen molar-refractivity contribution in [2.45, 2.75) is 8.67 Å². The molecule has 0 amide bonds. The van der Waals surface area contributed by atoms with Crippen molar-refractivity contribution in [2.75, 3.05) is 38.2 Å². The molecular formula is C10H12Cl6O5. The highest BCUT2D eigenvalue weighted by Crippen LogP contribution is 2.24. The number of alkyl halides is 6. The normalized spacial score (nSPS) is 12.1. The molecule has 0 saturated heterocycles. The Labute approximate surface area is 152 Å². The summed E-state index contributed by atoms with van der Waals surface area (Å²) in [6.07, 6.45) is 0. The topological polar surface area (TPSA) is 61.8 Å². The first-order chi connectivity index (χ1) is 9.67. The number of carbonyl (C=O) groups is 2. The summed E-state index contributed by atoms with van der Waals surface area (Å²) in [6.45, 7) is -0.0569. The average Bonchev–Trinajstić information content (AvgIpc) is 2.45. The third kappa shape index (κ3) is 8.74. The number of ether oxygens (including phenoxy) is 3. The molecule has 11 heteroatoms. The fourth-order valence-corrected chi connectivity index (χ4v) is 1.25.